The summed E-state index contributed by atoms with van der Waals surface area (Å²) in [5.41, 5.74) is 2.94. The van der Waals surface area contributed by atoms with Crippen LogP contribution >= 0.6 is 11.8 Å². The van der Waals surface area contributed by atoms with Crippen molar-refractivity contribution in [2.24, 2.45) is 4.99 Å². The van der Waals surface area contributed by atoms with E-state index in [0.717, 1.165) is 28.6 Å². The lowest BCUT2D eigenvalue weighted by molar-refractivity contribution is -0.115. The number of carbonyl (C=O) groups is 1. The summed E-state index contributed by atoms with van der Waals surface area (Å²) in [6.07, 6.45) is 7.84. The number of carbonyl (C=O) groups excluding carboxylic acids is 1. The number of thioether (sulfide) groups is 1. The smallest absolute Gasteiger partial charge is 0.264 e. The van der Waals surface area contributed by atoms with Crippen molar-refractivity contribution in [3.8, 4) is 0 Å². The Morgan fingerprint density at radius 3 is 3.12 bits per heavy atom. The Morgan fingerprint density at radius 2 is 2.24 bits per heavy atom. The molecule has 3 aromatic rings. The molecule has 1 saturated heterocycles. The minimum atomic E-state index is -0.114. The van der Waals surface area contributed by atoms with Crippen LogP contribution in [0.25, 0.3) is 17.0 Å². The maximum Gasteiger partial charge on any atom is 0.264 e. The number of aromatic amines is 1. The molecular weight excluding hydrogens is 334 g/mol. The Morgan fingerprint density at radius 1 is 1.28 bits per heavy atom. The molecule has 1 fully saturated rings. The van der Waals surface area contributed by atoms with Gasteiger partial charge in [-0.1, -0.05) is 12.1 Å². The largest absolute Gasteiger partial charge is 0.348 e. The van der Waals surface area contributed by atoms with Crippen LogP contribution in [-0.4, -0.2) is 32.6 Å². The number of imidazole rings is 1. The van der Waals surface area contributed by atoms with E-state index < -0.39 is 0 Å². The molecule has 1 amide bonds. The summed E-state index contributed by atoms with van der Waals surface area (Å²) in [4.78, 5) is 28.5. The van der Waals surface area contributed by atoms with Gasteiger partial charge in [-0.15, -0.1) is 0 Å². The maximum atomic E-state index is 12.1. The summed E-state index contributed by atoms with van der Waals surface area (Å²) in [5.74, 6) is -0.114. The number of amides is 1. The molecule has 25 heavy (non-hydrogen) atoms. The van der Waals surface area contributed by atoms with Gasteiger partial charge in [-0.3, -0.25) is 14.8 Å². The Hall–Kier alpha value is -2.93. The third-order valence-corrected chi connectivity index (χ3v) is 4.71. The number of nitrogens with one attached hydrogen (secondary N) is 2. The molecule has 1 aliphatic heterocycles. The van der Waals surface area contributed by atoms with Crippen molar-refractivity contribution in [3.05, 3.63) is 65.2 Å². The Kier molecular flexibility index (Phi) is 4.30. The van der Waals surface area contributed by atoms with Gasteiger partial charge in [0.1, 0.15) is 0 Å². The molecule has 1 aromatic carbocycles. The van der Waals surface area contributed by atoms with Gasteiger partial charge in [0.05, 0.1) is 16.7 Å². The van der Waals surface area contributed by atoms with Crippen molar-refractivity contribution in [2.45, 2.75) is 6.42 Å². The molecule has 1 aliphatic rings. The molecular formula is C18H15N5OS. The van der Waals surface area contributed by atoms with Gasteiger partial charge < -0.3 is 10.3 Å². The van der Waals surface area contributed by atoms with Crippen LogP contribution in [0.15, 0.2) is 59.0 Å². The Labute approximate surface area is 148 Å². The van der Waals surface area contributed by atoms with E-state index in [0.29, 0.717) is 16.6 Å². The van der Waals surface area contributed by atoms with Crippen molar-refractivity contribution in [2.75, 3.05) is 6.54 Å². The number of pyridine rings is 1. The third kappa shape index (κ3) is 3.61. The molecule has 0 aliphatic carbocycles. The van der Waals surface area contributed by atoms with Crippen molar-refractivity contribution in [1.82, 2.24) is 20.3 Å². The number of hydrogen-bond acceptors (Lipinski definition) is 5. The lowest BCUT2D eigenvalue weighted by Crippen LogP contribution is -2.20. The van der Waals surface area contributed by atoms with Crippen LogP contribution in [0.5, 0.6) is 0 Å². The number of aliphatic imine (C=N–C) groups is 1. The number of H-pyrrole nitrogens is 1. The van der Waals surface area contributed by atoms with Crippen molar-refractivity contribution in [1.29, 1.82) is 0 Å². The summed E-state index contributed by atoms with van der Waals surface area (Å²) < 4.78 is 0. The molecule has 7 heteroatoms. The second-order valence-corrected chi connectivity index (χ2v) is 6.56. The fourth-order valence-electron chi connectivity index (χ4n) is 2.54. The molecule has 124 valence electrons. The number of amidine groups is 1. The predicted molar refractivity (Wildman–Crippen MR) is 100 cm³/mol. The number of fused-ring (bicyclic) bond motifs is 1. The van der Waals surface area contributed by atoms with Gasteiger partial charge in [0.25, 0.3) is 5.91 Å². The summed E-state index contributed by atoms with van der Waals surface area (Å²) >= 11 is 1.37. The minimum absolute atomic E-state index is 0.114. The number of nitrogens with zero attached hydrogens (tertiary/aromatic N) is 3. The van der Waals surface area contributed by atoms with Crippen LogP contribution in [0.1, 0.15) is 11.3 Å². The van der Waals surface area contributed by atoms with E-state index in [2.05, 4.69) is 25.3 Å². The van der Waals surface area contributed by atoms with Crippen LogP contribution in [-0.2, 0) is 11.2 Å². The zero-order chi connectivity index (χ0) is 17.1. The molecule has 4 rings (SSSR count). The topological polar surface area (TPSA) is 83.0 Å². The first kappa shape index (κ1) is 15.6. The van der Waals surface area contributed by atoms with Gasteiger partial charge in [-0.05, 0) is 41.6 Å². The number of benzene rings is 1. The number of rotatable bonds is 4. The highest BCUT2D eigenvalue weighted by molar-refractivity contribution is 8.18. The molecule has 0 bridgehead atoms. The average Bonchev–Trinajstić information content (AvgIpc) is 3.25. The Bertz CT molecular complexity index is 978. The molecule has 2 N–H and O–H groups in total. The summed E-state index contributed by atoms with van der Waals surface area (Å²) in [7, 11) is 0. The van der Waals surface area contributed by atoms with Crippen LogP contribution in [0.4, 0.5) is 0 Å². The number of hydrogen-bond donors (Lipinski definition) is 2. The lowest BCUT2D eigenvalue weighted by atomic mass is 10.1. The highest BCUT2D eigenvalue weighted by Gasteiger charge is 2.23. The highest BCUT2D eigenvalue weighted by atomic mass is 32.2. The van der Waals surface area contributed by atoms with E-state index in [1.54, 1.807) is 18.7 Å². The zero-order valence-electron chi connectivity index (χ0n) is 13.3. The molecule has 6 nitrogen and oxygen atoms in total. The van der Waals surface area contributed by atoms with Gasteiger partial charge in [0.15, 0.2) is 5.17 Å². The highest BCUT2D eigenvalue weighted by Crippen LogP contribution is 2.26. The van der Waals surface area contributed by atoms with Crippen molar-refractivity contribution in [3.63, 3.8) is 0 Å². The van der Waals surface area contributed by atoms with Gasteiger partial charge >= 0.3 is 0 Å². The van der Waals surface area contributed by atoms with E-state index >= 15 is 0 Å². The quantitative estimate of drug-likeness (QED) is 0.710. The van der Waals surface area contributed by atoms with E-state index in [4.69, 9.17) is 0 Å². The second-order valence-electron chi connectivity index (χ2n) is 5.53. The van der Waals surface area contributed by atoms with Gasteiger partial charge in [-0.2, -0.15) is 0 Å². The first-order valence-electron chi connectivity index (χ1n) is 7.85. The van der Waals surface area contributed by atoms with E-state index in [-0.39, 0.29) is 5.91 Å². The average molecular weight is 349 g/mol. The van der Waals surface area contributed by atoms with Crippen LogP contribution in [0, 0.1) is 0 Å². The monoisotopic (exact) mass is 349 g/mol. The summed E-state index contributed by atoms with van der Waals surface area (Å²) in [5, 5.41) is 4.50. The predicted octanol–water partition coefficient (Wildman–Crippen LogP) is 2.76. The molecule has 0 radical (unpaired) electrons. The molecule has 0 atom stereocenters. The molecule has 3 heterocycles. The molecule has 2 aromatic heterocycles. The van der Waals surface area contributed by atoms with Crippen molar-refractivity contribution >= 4 is 39.8 Å². The minimum Gasteiger partial charge on any atom is -0.348 e. The van der Waals surface area contributed by atoms with Crippen LogP contribution in [0.3, 0.4) is 0 Å². The zero-order valence-corrected chi connectivity index (χ0v) is 14.1. The molecule has 0 saturated carbocycles. The molecule has 0 unspecified atom stereocenters. The van der Waals surface area contributed by atoms with E-state index in [1.165, 1.54) is 11.8 Å². The first-order valence-corrected chi connectivity index (χ1v) is 8.67. The lowest BCUT2D eigenvalue weighted by Gasteiger charge is -1.99. The number of aromatic nitrogens is 3. The SMILES string of the molecule is O=C1NC(=NCCc2cnc[nH]2)SC1=Cc1ccc2ncccc2c1. The van der Waals surface area contributed by atoms with Gasteiger partial charge in [0.2, 0.25) is 0 Å². The van der Waals surface area contributed by atoms with Crippen LogP contribution < -0.4 is 5.32 Å². The standard InChI is InChI=1S/C18H15N5OS/c24-17-16(9-12-3-4-15-13(8-12)2-1-6-20-15)25-18(23-17)21-7-5-14-10-19-11-22-14/h1-4,6,8-11H,5,7H2,(H,19,22)(H,21,23,24). The van der Waals surface area contributed by atoms with E-state index in [1.807, 2.05) is 36.4 Å². The van der Waals surface area contributed by atoms with Crippen LogP contribution in [0.2, 0.25) is 0 Å². The molecule has 0 spiro atoms. The fraction of sp³-hybridized carbons (Fsp3) is 0.111. The fourth-order valence-corrected chi connectivity index (χ4v) is 3.38. The third-order valence-electron chi connectivity index (χ3n) is 3.77. The maximum absolute atomic E-state index is 12.1. The second kappa shape index (κ2) is 6.90. The van der Waals surface area contributed by atoms with Gasteiger partial charge in [-0.25, -0.2) is 4.98 Å². The normalized spacial score (nSPS) is 17.5. The van der Waals surface area contributed by atoms with E-state index in [9.17, 15) is 4.79 Å². The summed E-state index contributed by atoms with van der Waals surface area (Å²) in [6, 6.07) is 9.86. The first-order chi connectivity index (χ1) is 12.3. The van der Waals surface area contributed by atoms with Crippen molar-refractivity contribution < 1.29 is 4.79 Å². The Balaban J connectivity index is 1.48. The van der Waals surface area contributed by atoms with Gasteiger partial charge in [0, 0.05) is 36.4 Å². The summed E-state index contributed by atoms with van der Waals surface area (Å²) in [6.45, 7) is 0.597.